The summed E-state index contributed by atoms with van der Waals surface area (Å²) in [6.45, 7) is 0.528. The van der Waals surface area contributed by atoms with Crippen LogP contribution in [0, 0.1) is 0 Å². The Morgan fingerprint density at radius 1 is 1.42 bits per heavy atom. The maximum atomic E-state index is 11.8. The second kappa shape index (κ2) is 5.96. The van der Waals surface area contributed by atoms with Crippen molar-refractivity contribution in [3.05, 3.63) is 42.1 Å². The fourth-order valence-electron chi connectivity index (χ4n) is 1.64. The van der Waals surface area contributed by atoms with Crippen molar-refractivity contribution in [2.75, 3.05) is 12.0 Å². The third-order valence-electron chi connectivity index (χ3n) is 2.73. The molecule has 19 heavy (non-hydrogen) atoms. The molecule has 7 heteroatoms. The van der Waals surface area contributed by atoms with Gasteiger partial charge in [-0.05, 0) is 12.1 Å². The van der Waals surface area contributed by atoms with E-state index in [0.717, 1.165) is 5.82 Å². The van der Waals surface area contributed by atoms with Gasteiger partial charge in [0.05, 0.1) is 5.56 Å². The molecule has 0 saturated carbocycles. The molecule has 0 aliphatic rings. The Hall–Kier alpha value is -2.41. The largest absolute Gasteiger partial charge is 0.352 e. The zero-order valence-electron chi connectivity index (χ0n) is 10.6. The topological polar surface area (TPSA) is 97.9 Å². The van der Waals surface area contributed by atoms with Gasteiger partial charge in [0.1, 0.15) is 11.6 Å². The second-order valence-corrected chi connectivity index (χ2v) is 4.04. The summed E-state index contributed by atoms with van der Waals surface area (Å²) in [6, 6.07) is 3.31. The van der Waals surface area contributed by atoms with Gasteiger partial charge in [-0.2, -0.15) is 0 Å². The molecule has 0 bridgehead atoms. The number of pyridine rings is 1. The summed E-state index contributed by atoms with van der Waals surface area (Å²) < 4.78 is 1.93. The van der Waals surface area contributed by atoms with E-state index in [2.05, 4.69) is 20.7 Å². The molecule has 2 heterocycles. The Bertz CT molecular complexity index is 548. The summed E-state index contributed by atoms with van der Waals surface area (Å²) in [5.74, 6) is 6.49. The number of hydrazine groups is 1. The Balaban J connectivity index is 1.85. The second-order valence-electron chi connectivity index (χ2n) is 4.04. The first-order valence-electron chi connectivity index (χ1n) is 5.88. The molecule has 4 N–H and O–H groups in total. The van der Waals surface area contributed by atoms with Crippen LogP contribution in [-0.4, -0.2) is 27.0 Å². The molecule has 2 aromatic heterocycles. The lowest BCUT2D eigenvalue weighted by Gasteiger charge is -2.06. The summed E-state index contributed by atoms with van der Waals surface area (Å²) in [7, 11) is 1.92. The van der Waals surface area contributed by atoms with Gasteiger partial charge in [0.2, 0.25) is 0 Å². The summed E-state index contributed by atoms with van der Waals surface area (Å²) >= 11 is 0. The van der Waals surface area contributed by atoms with Crippen LogP contribution in [0.1, 0.15) is 16.2 Å². The molecule has 0 spiro atoms. The van der Waals surface area contributed by atoms with Gasteiger partial charge in [-0.25, -0.2) is 15.8 Å². The molecule has 2 rings (SSSR count). The molecule has 0 aromatic carbocycles. The average Bonchev–Trinajstić information content (AvgIpc) is 2.84. The highest BCUT2D eigenvalue weighted by molar-refractivity contribution is 5.94. The van der Waals surface area contributed by atoms with E-state index < -0.39 is 0 Å². The summed E-state index contributed by atoms with van der Waals surface area (Å²) in [6.07, 6.45) is 5.77. The molecule has 0 radical (unpaired) electrons. The van der Waals surface area contributed by atoms with Gasteiger partial charge in [-0.15, -0.1) is 0 Å². The number of nitrogens with one attached hydrogen (secondary N) is 2. The molecular formula is C12H16N6O. The molecule has 0 aliphatic carbocycles. The van der Waals surface area contributed by atoms with Crippen molar-refractivity contribution >= 4 is 11.7 Å². The maximum absolute atomic E-state index is 11.8. The predicted molar refractivity (Wildman–Crippen MR) is 71.3 cm³/mol. The number of rotatable bonds is 5. The lowest BCUT2D eigenvalue weighted by molar-refractivity contribution is 0.0953. The standard InChI is InChI=1S/C12H16N6O/c1-18-7-6-14-11(18)4-5-15-12(19)9-2-3-10(17-13)16-8-9/h2-3,6-8H,4-5,13H2,1H3,(H,15,19)(H,16,17). The highest BCUT2D eigenvalue weighted by Gasteiger charge is 2.06. The molecule has 1 amide bonds. The zero-order valence-corrected chi connectivity index (χ0v) is 10.6. The van der Waals surface area contributed by atoms with E-state index >= 15 is 0 Å². The summed E-state index contributed by atoms with van der Waals surface area (Å²) in [5.41, 5.74) is 2.91. The monoisotopic (exact) mass is 260 g/mol. The van der Waals surface area contributed by atoms with E-state index in [-0.39, 0.29) is 5.91 Å². The van der Waals surface area contributed by atoms with Crippen LogP contribution in [0.25, 0.3) is 0 Å². The highest BCUT2D eigenvalue weighted by atomic mass is 16.1. The Morgan fingerprint density at radius 3 is 2.84 bits per heavy atom. The molecule has 7 nitrogen and oxygen atoms in total. The van der Waals surface area contributed by atoms with E-state index in [9.17, 15) is 4.79 Å². The number of aryl methyl sites for hydroxylation is 1. The van der Waals surface area contributed by atoms with Crippen molar-refractivity contribution in [3.63, 3.8) is 0 Å². The average molecular weight is 260 g/mol. The van der Waals surface area contributed by atoms with Crippen LogP contribution in [0.2, 0.25) is 0 Å². The van der Waals surface area contributed by atoms with Gasteiger partial charge in [0, 0.05) is 38.6 Å². The fourth-order valence-corrected chi connectivity index (χ4v) is 1.64. The molecule has 0 unspecified atom stereocenters. The first-order valence-corrected chi connectivity index (χ1v) is 5.88. The van der Waals surface area contributed by atoms with Crippen molar-refractivity contribution in [2.24, 2.45) is 12.9 Å². The van der Waals surface area contributed by atoms with Crippen molar-refractivity contribution < 1.29 is 4.79 Å². The smallest absolute Gasteiger partial charge is 0.252 e. The van der Waals surface area contributed by atoms with E-state index in [0.29, 0.717) is 24.3 Å². The van der Waals surface area contributed by atoms with E-state index in [4.69, 9.17) is 5.84 Å². The van der Waals surface area contributed by atoms with E-state index in [1.54, 1.807) is 18.3 Å². The molecular weight excluding hydrogens is 244 g/mol. The lowest BCUT2D eigenvalue weighted by atomic mass is 10.2. The van der Waals surface area contributed by atoms with Crippen molar-refractivity contribution in [2.45, 2.75) is 6.42 Å². The molecule has 0 aliphatic heterocycles. The first kappa shape index (κ1) is 13.0. The third-order valence-corrected chi connectivity index (χ3v) is 2.73. The van der Waals surface area contributed by atoms with Crippen molar-refractivity contribution in [3.8, 4) is 0 Å². The van der Waals surface area contributed by atoms with Crippen LogP contribution in [0.4, 0.5) is 5.82 Å². The van der Waals surface area contributed by atoms with Gasteiger partial charge in [-0.3, -0.25) is 4.79 Å². The van der Waals surface area contributed by atoms with Gasteiger partial charge in [-0.1, -0.05) is 0 Å². The van der Waals surface area contributed by atoms with Gasteiger partial charge in [0.25, 0.3) is 5.91 Å². The Kier molecular flexibility index (Phi) is 4.09. The van der Waals surface area contributed by atoms with Crippen molar-refractivity contribution in [1.82, 2.24) is 19.9 Å². The Labute approximate surface area is 110 Å². The van der Waals surface area contributed by atoms with Crippen LogP contribution in [0.5, 0.6) is 0 Å². The van der Waals surface area contributed by atoms with Gasteiger partial charge < -0.3 is 15.3 Å². The number of nitrogens with two attached hydrogens (primary N) is 1. The third kappa shape index (κ3) is 3.29. The number of aromatic nitrogens is 3. The molecule has 0 saturated heterocycles. The minimum Gasteiger partial charge on any atom is -0.352 e. The number of hydrogen-bond acceptors (Lipinski definition) is 5. The summed E-state index contributed by atoms with van der Waals surface area (Å²) in [5, 5.41) is 2.82. The molecule has 0 fully saturated rings. The lowest BCUT2D eigenvalue weighted by Crippen LogP contribution is -2.26. The fraction of sp³-hybridized carbons (Fsp3) is 0.250. The number of anilines is 1. The van der Waals surface area contributed by atoms with Crippen LogP contribution in [0.15, 0.2) is 30.7 Å². The predicted octanol–water partition coefficient (Wildman–Crippen LogP) is 0.0732. The van der Waals surface area contributed by atoms with Crippen LogP contribution >= 0.6 is 0 Å². The Morgan fingerprint density at radius 2 is 2.26 bits per heavy atom. The number of nitrogens with zero attached hydrogens (tertiary/aromatic N) is 3. The normalized spacial score (nSPS) is 10.2. The van der Waals surface area contributed by atoms with E-state index in [1.165, 1.54) is 6.20 Å². The van der Waals surface area contributed by atoms with Gasteiger partial charge >= 0.3 is 0 Å². The molecule has 2 aromatic rings. The quantitative estimate of drug-likeness (QED) is 0.522. The van der Waals surface area contributed by atoms with Crippen LogP contribution < -0.4 is 16.6 Å². The first-order chi connectivity index (χ1) is 9.20. The minimum atomic E-state index is -0.162. The zero-order chi connectivity index (χ0) is 13.7. The maximum Gasteiger partial charge on any atom is 0.252 e. The van der Waals surface area contributed by atoms with Crippen molar-refractivity contribution in [1.29, 1.82) is 0 Å². The number of amides is 1. The minimum absolute atomic E-state index is 0.162. The van der Waals surface area contributed by atoms with Crippen LogP contribution in [0.3, 0.4) is 0 Å². The highest BCUT2D eigenvalue weighted by Crippen LogP contribution is 2.03. The SMILES string of the molecule is Cn1ccnc1CCNC(=O)c1ccc(NN)nc1. The number of carbonyl (C=O) groups is 1. The van der Waals surface area contributed by atoms with E-state index in [1.807, 2.05) is 17.8 Å². The number of imidazole rings is 1. The molecule has 0 atom stereocenters. The van der Waals surface area contributed by atoms with Crippen LogP contribution in [-0.2, 0) is 13.5 Å². The number of nitrogen functional groups attached to an aromatic ring is 1. The van der Waals surface area contributed by atoms with Gasteiger partial charge in [0.15, 0.2) is 0 Å². The number of carbonyl (C=O) groups excluding carboxylic acids is 1. The summed E-state index contributed by atoms with van der Waals surface area (Å²) in [4.78, 5) is 20.0. The number of hydrogen-bond donors (Lipinski definition) is 3. The molecule has 100 valence electrons.